The van der Waals surface area contributed by atoms with Gasteiger partial charge in [-0.05, 0) is 37.3 Å². The summed E-state index contributed by atoms with van der Waals surface area (Å²) in [5, 5.41) is 29.8. The van der Waals surface area contributed by atoms with E-state index >= 15 is 0 Å². The van der Waals surface area contributed by atoms with Gasteiger partial charge in [0.1, 0.15) is 18.1 Å². The number of nitrogens with one attached hydrogen (secondary N) is 4. The number of carbonyl (C=O) groups is 4. The van der Waals surface area contributed by atoms with E-state index in [9.17, 15) is 29.4 Å². The van der Waals surface area contributed by atoms with Crippen molar-refractivity contribution in [2.24, 2.45) is 5.92 Å². The number of carbonyl (C=O) groups excluding carboxylic acids is 3. The van der Waals surface area contributed by atoms with Crippen LogP contribution in [0.4, 0.5) is 0 Å². The van der Waals surface area contributed by atoms with Crippen molar-refractivity contribution in [1.82, 2.24) is 21.3 Å². The number of hydrogen-bond donors (Lipinski definition) is 6. The number of rotatable bonds is 12. The Morgan fingerprint density at radius 3 is 2.18 bits per heavy atom. The van der Waals surface area contributed by atoms with Gasteiger partial charge in [0.15, 0.2) is 0 Å². The molecule has 1 saturated heterocycles. The van der Waals surface area contributed by atoms with Crippen LogP contribution in [0.1, 0.15) is 38.7 Å². The van der Waals surface area contributed by atoms with Crippen molar-refractivity contribution < 1.29 is 29.4 Å². The number of amides is 3. The monoisotopic (exact) mass is 462 g/mol. The third-order valence-corrected chi connectivity index (χ3v) is 5.43. The van der Waals surface area contributed by atoms with Crippen LogP contribution in [0.3, 0.4) is 0 Å². The summed E-state index contributed by atoms with van der Waals surface area (Å²) in [5.74, 6) is -2.91. The molecule has 0 aliphatic carbocycles. The van der Waals surface area contributed by atoms with Crippen LogP contribution in [-0.4, -0.2) is 71.2 Å². The lowest BCUT2D eigenvalue weighted by Gasteiger charge is -2.25. The van der Waals surface area contributed by atoms with Crippen LogP contribution in [0.25, 0.3) is 0 Å². The molecule has 0 radical (unpaired) electrons. The lowest BCUT2D eigenvalue weighted by atomic mass is 10.0. The molecule has 182 valence electrons. The third-order valence-electron chi connectivity index (χ3n) is 5.43. The summed E-state index contributed by atoms with van der Waals surface area (Å²) < 4.78 is 0. The van der Waals surface area contributed by atoms with Gasteiger partial charge in [-0.3, -0.25) is 14.4 Å². The van der Waals surface area contributed by atoms with E-state index in [0.717, 1.165) is 12.0 Å². The van der Waals surface area contributed by atoms with Gasteiger partial charge in [0, 0.05) is 6.42 Å². The highest BCUT2D eigenvalue weighted by Gasteiger charge is 2.31. The molecule has 1 aliphatic heterocycles. The Kier molecular flexibility index (Phi) is 10.3. The summed E-state index contributed by atoms with van der Waals surface area (Å²) in [6, 6.07) is 5.07. The van der Waals surface area contributed by atoms with Crippen LogP contribution in [-0.2, 0) is 25.6 Å². The topological polar surface area (TPSA) is 157 Å². The Balaban J connectivity index is 2.04. The number of carboxylic acid groups (broad SMARTS) is 1. The smallest absolute Gasteiger partial charge is 0.326 e. The lowest BCUT2D eigenvalue weighted by Crippen LogP contribution is -2.58. The molecule has 33 heavy (non-hydrogen) atoms. The number of benzene rings is 1. The molecule has 6 N–H and O–H groups in total. The molecule has 4 unspecified atom stereocenters. The van der Waals surface area contributed by atoms with Gasteiger partial charge in [-0.15, -0.1) is 0 Å². The molecule has 0 bridgehead atoms. The fourth-order valence-electron chi connectivity index (χ4n) is 3.67. The van der Waals surface area contributed by atoms with E-state index in [0.29, 0.717) is 13.0 Å². The zero-order chi connectivity index (χ0) is 24.4. The SMILES string of the molecule is CC(C)CC(NC(=O)C(CO)NC(=O)C1CCCN1)C(=O)NC(Cc1ccccc1)C(=O)O. The van der Waals surface area contributed by atoms with E-state index < -0.39 is 48.6 Å². The number of aliphatic hydroxyl groups is 1. The largest absolute Gasteiger partial charge is 0.480 e. The summed E-state index contributed by atoms with van der Waals surface area (Å²) in [6.45, 7) is 3.80. The first-order valence-electron chi connectivity index (χ1n) is 11.2. The molecular weight excluding hydrogens is 428 g/mol. The first-order valence-corrected chi connectivity index (χ1v) is 11.2. The molecule has 0 spiro atoms. The minimum Gasteiger partial charge on any atom is -0.480 e. The Hall–Kier alpha value is -2.98. The van der Waals surface area contributed by atoms with E-state index in [1.807, 2.05) is 19.9 Å². The normalized spacial score (nSPS) is 18.2. The lowest BCUT2D eigenvalue weighted by molar-refractivity contribution is -0.142. The van der Waals surface area contributed by atoms with Crippen LogP contribution in [0, 0.1) is 5.92 Å². The summed E-state index contributed by atoms with van der Waals surface area (Å²) >= 11 is 0. The van der Waals surface area contributed by atoms with E-state index in [1.54, 1.807) is 24.3 Å². The maximum atomic E-state index is 12.9. The molecule has 0 aromatic heterocycles. The molecule has 1 aromatic rings. The van der Waals surface area contributed by atoms with Gasteiger partial charge in [0.25, 0.3) is 0 Å². The molecule has 0 saturated carbocycles. The molecule has 1 aliphatic rings. The quantitative estimate of drug-likeness (QED) is 0.246. The average molecular weight is 463 g/mol. The minimum atomic E-state index is -1.22. The van der Waals surface area contributed by atoms with E-state index in [2.05, 4.69) is 21.3 Å². The minimum absolute atomic E-state index is 0.0170. The Bertz CT molecular complexity index is 810. The second kappa shape index (κ2) is 12.9. The van der Waals surface area contributed by atoms with Gasteiger partial charge >= 0.3 is 5.97 Å². The Labute approximate surface area is 193 Å². The van der Waals surface area contributed by atoms with Crippen LogP contribution in [0.15, 0.2) is 30.3 Å². The number of aliphatic hydroxyl groups excluding tert-OH is 1. The Morgan fingerprint density at radius 1 is 1.00 bits per heavy atom. The maximum absolute atomic E-state index is 12.9. The van der Waals surface area contributed by atoms with Gasteiger partial charge in [-0.1, -0.05) is 44.2 Å². The fourth-order valence-corrected chi connectivity index (χ4v) is 3.67. The molecule has 10 heteroatoms. The first kappa shape index (κ1) is 26.3. The summed E-state index contributed by atoms with van der Waals surface area (Å²) in [7, 11) is 0. The summed E-state index contributed by atoms with van der Waals surface area (Å²) in [5.41, 5.74) is 0.748. The molecule has 2 rings (SSSR count). The van der Waals surface area contributed by atoms with Crippen molar-refractivity contribution in [2.75, 3.05) is 13.2 Å². The third kappa shape index (κ3) is 8.47. The predicted molar refractivity (Wildman–Crippen MR) is 121 cm³/mol. The Morgan fingerprint density at radius 2 is 1.64 bits per heavy atom. The second-order valence-corrected chi connectivity index (χ2v) is 8.67. The molecule has 1 heterocycles. The van der Waals surface area contributed by atoms with Crippen molar-refractivity contribution in [3.63, 3.8) is 0 Å². The van der Waals surface area contributed by atoms with Crippen molar-refractivity contribution in [2.45, 2.75) is 63.7 Å². The van der Waals surface area contributed by atoms with Crippen molar-refractivity contribution in [3.8, 4) is 0 Å². The molecule has 4 atom stereocenters. The molecule has 10 nitrogen and oxygen atoms in total. The van der Waals surface area contributed by atoms with Gasteiger partial charge in [-0.2, -0.15) is 0 Å². The van der Waals surface area contributed by atoms with Crippen molar-refractivity contribution in [1.29, 1.82) is 0 Å². The van der Waals surface area contributed by atoms with Crippen LogP contribution in [0.5, 0.6) is 0 Å². The highest BCUT2D eigenvalue weighted by atomic mass is 16.4. The van der Waals surface area contributed by atoms with Gasteiger partial charge < -0.3 is 31.5 Å². The number of aliphatic carboxylic acids is 1. The van der Waals surface area contributed by atoms with Crippen LogP contribution < -0.4 is 21.3 Å². The fraction of sp³-hybridized carbons (Fsp3) is 0.565. The number of hydrogen-bond acceptors (Lipinski definition) is 6. The van der Waals surface area contributed by atoms with E-state index in [1.165, 1.54) is 0 Å². The summed E-state index contributed by atoms with van der Waals surface area (Å²) in [4.78, 5) is 49.7. The average Bonchev–Trinajstić information content (AvgIpc) is 3.31. The molecule has 1 aromatic carbocycles. The standard InChI is InChI=1S/C23H34N4O6/c1-14(2)11-17(21(30)26-18(23(32)33)12-15-7-4-3-5-8-15)25-22(31)19(13-28)27-20(29)16-9-6-10-24-16/h3-5,7-8,14,16-19,24,28H,6,9-13H2,1-2H3,(H,25,31)(H,26,30)(H,27,29)(H,32,33). The maximum Gasteiger partial charge on any atom is 0.326 e. The first-order chi connectivity index (χ1) is 15.7. The van der Waals surface area contributed by atoms with Crippen molar-refractivity contribution >= 4 is 23.7 Å². The predicted octanol–water partition coefficient (Wildman–Crippen LogP) is -0.441. The zero-order valence-electron chi connectivity index (χ0n) is 19.0. The van der Waals surface area contributed by atoms with Crippen LogP contribution >= 0.6 is 0 Å². The van der Waals surface area contributed by atoms with Crippen molar-refractivity contribution in [3.05, 3.63) is 35.9 Å². The highest BCUT2D eigenvalue weighted by Crippen LogP contribution is 2.09. The number of carboxylic acids is 1. The summed E-state index contributed by atoms with van der Waals surface area (Å²) in [6.07, 6.45) is 1.83. The van der Waals surface area contributed by atoms with Gasteiger partial charge in [-0.25, -0.2) is 4.79 Å². The van der Waals surface area contributed by atoms with Gasteiger partial charge in [0.05, 0.1) is 12.6 Å². The molecular formula is C23H34N4O6. The zero-order valence-corrected chi connectivity index (χ0v) is 19.0. The van der Waals surface area contributed by atoms with E-state index in [4.69, 9.17) is 0 Å². The molecule has 1 fully saturated rings. The highest BCUT2D eigenvalue weighted by molar-refractivity contribution is 5.94. The molecule has 3 amide bonds. The van der Waals surface area contributed by atoms with Crippen LogP contribution in [0.2, 0.25) is 0 Å². The second-order valence-electron chi connectivity index (χ2n) is 8.67. The van der Waals surface area contributed by atoms with Gasteiger partial charge in [0.2, 0.25) is 17.7 Å². The van der Waals surface area contributed by atoms with E-state index in [-0.39, 0.29) is 24.7 Å².